The zero-order valence-electron chi connectivity index (χ0n) is 9.09. The van der Waals surface area contributed by atoms with Crippen molar-refractivity contribution >= 4 is 21.9 Å². The number of aliphatic carboxylic acids is 1. The Labute approximate surface area is 106 Å². The second-order valence-electron chi connectivity index (χ2n) is 3.64. The van der Waals surface area contributed by atoms with E-state index in [1.807, 2.05) is 31.2 Å². The minimum Gasteiger partial charge on any atom is -0.481 e. The van der Waals surface area contributed by atoms with E-state index in [2.05, 4.69) is 26.2 Å². The van der Waals surface area contributed by atoms with Gasteiger partial charge in [0.05, 0.1) is 17.8 Å². The van der Waals surface area contributed by atoms with Crippen molar-refractivity contribution in [2.24, 2.45) is 0 Å². The van der Waals surface area contributed by atoms with Crippen molar-refractivity contribution in [2.45, 2.75) is 13.3 Å². The maximum absolute atomic E-state index is 10.8. The number of nitrogens with zero attached hydrogens (tertiary/aromatic N) is 3. The molecule has 0 atom stereocenters. The van der Waals surface area contributed by atoms with Crippen molar-refractivity contribution in [3.8, 4) is 5.69 Å². The van der Waals surface area contributed by atoms with E-state index < -0.39 is 5.97 Å². The molecular formula is C11H10BrN3O2. The van der Waals surface area contributed by atoms with Crippen LogP contribution in [0.3, 0.4) is 0 Å². The van der Waals surface area contributed by atoms with Gasteiger partial charge >= 0.3 is 5.97 Å². The zero-order valence-corrected chi connectivity index (χ0v) is 10.7. The molecule has 0 saturated carbocycles. The fourth-order valence-corrected chi connectivity index (χ4v) is 1.85. The summed E-state index contributed by atoms with van der Waals surface area (Å²) in [7, 11) is 0. The minimum absolute atomic E-state index is 0.124. The molecule has 0 aliphatic rings. The van der Waals surface area contributed by atoms with Crippen LogP contribution >= 0.6 is 15.9 Å². The number of aryl methyl sites for hydroxylation is 1. The summed E-state index contributed by atoms with van der Waals surface area (Å²) in [6.45, 7) is 1.99. The molecule has 1 aromatic heterocycles. The fourth-order valence-electron chi connectivity index (χ4n) is 1.47. The molecule has 1 aromatic carbocycles. The van der Waals surface area contributed by atoms with Crippen molar-refractivity contribution < 1.29 is 9.90 Å². The van der Waals surface area contributed by atoms with Gasteiger partial charge in [-0.15, -0.1) is 5.10 Å². The minimum atomic E-state index is -0.915. The first-order valence-corrected chi connectivity index (χ1v) is 5.76. The molecule has 6 heteroatoms. The maximum Gasteiger partial charge on any atom is 0.309 e. The predicted molar refractivity (Wildman–Crippen MR) is 65.1 cm³/mol. The molecule has 0 unspecified atom stereocenters. The number of hydrogen-bond donors (Lipinski definition) is 1. The number of carboxylic acid groups (broad SMARTS) is 1. The van der Waals surface area contributed by atoms with Gasteiger partial charge in [0.25, 0.3) is 0 Å². The van der Waals surface area contributed by atoms with E-state index in [1.165, 1.54) is 4.68 Å². The Morgan fingerprint density at radius 2 is 2.06 bits per heavy atom. The zero-order chi connectivity index (χ0) is 12.4. The number of aromatic nitrogens is 3. The third-order valence-corrected chi connectivity index (χ3v) is 2.93. The molecule has 0 saturated heterocycles. The van der Waals surface area contributed by atoms with Gasteiger partial charge in [-0.2, -0.15) is 0 Å². The molecule has 1 N–H and O–H groups in total. The van der Waals surface area contributed by atoms with Gasteiger partial charge in [0, 0.05) is 0 Å². The smallest absolute Gasteiger partial charge is 0.309 e. The summed E-state index contributed by atoms with van der Waals surface area (Å²) >= 11 is 3.20. The van der Waals surface area contributed by atoms with E-state index in [0.717, 1.165) is 11.3 Å². The second kappa shape index (κ2) is 4.67. The van der Waals surface area contributed by atoms with Gasteiger partial charge in [0.15, 0.2) is 4.60 Å². The van der Waals surface area contributed by atoms with Gasteiger partial charge in [-0.3, -0.25) is 4.79 Å². The third kappa shape index (κ3) is 2.52. The predicted octanol–water partition coefficient (Wildman–Crippen LogP) is 1.97. The van der Waals surface area contributed by atoms with Gasteiger partial charge in [0.1, 0.15) is 0 Å². The Bertz CT molecular complexity index is 548. The molecule has 0 amide bonds. The number of benzene rings is 1. The summed E-state index contributed by atoms with van der Waals surface area (Å²) in [5.41, 5.74) is 2.46. The Hall–Kier alpha value is -1.69. The normalized spacial score (nSPS) is 10.5. The average Bonchev–Trinajstić information content (AvgIpc) is 2.61. The summed E-state index contributed by atoms with van der Waals surface area (Å²) in [6, 6.07) is 7.63. The molecular weight excluding hydrogens is 286 g/mol. The van der Waals surface area contributed by atoms with E-state index in [0.29, 0.717) is 10.3 Å². The van der Waals surface area contributed by atoms with Crippen LogP contribution in [0.1, 0.15) is 11.3 Å². The lowest BCUT2D eigenvalue weighted by molar-refractivity contribution is -0.136. The first-order valence-electron chi connectivity index (χ1n) is 4.97. The fraction of sp³-hybridized carbons (Fsp3) is 0.182. The van der Waals surface area contributed by atoms with Crippen LogP contribution in [0.5, 0.6) is 0 Å². The van der Waals surface area contributed by atoms with Crippen molar-refractivity contribution in [1.82, 2.24) is 15.0 Å². The topological polar surface area (TPSA) is 68.0 Å². The maximum atomic E-state index is 10.8. The van der Waals surface area contributed by atoms with E-state index in [9.17, 15) is 4.79 Å². The van der Waals surface area contributed by atoms with Crippen LogP contribution < -0.4 is 0 Å². The average molecular weight is 296 g/mol. The Morgan fingerprint density at radius 3 is 2.65 bits per heavy atom. The van der Waals surface area contributed by atoms with Crippen LogP contribution in [0.4, 0.5) is 0 Å². The van der Waals surface area contributed by atoms with Crippen LogP contribution in [0.15, 0.2) is 28.9 Å². The van der Waals surface area contributed by atoms with E-state index in [1.54, 1.807) is 0 Å². The molecule has 5 nitrogen and oxygen atoms in total. The molecule has 0 aliphatic carbocycles. The van der Waals surface area contributed by atoms with E-state index >= 15 is 0 Å². The largest absolute Gasteiger partial charge is 0.481 e. The van der Waals surface area contributed by atoms with Crippen LogP contribution in [0.25, 0.3) is 5.69 Å². The number of hydrogen-bond acceptors (Lipinski definition) is 3. The molecule has 0 bridgehead atoms. The summed E-state index contributed by atoms with van der Waals surface area (Å²) in [4.78, 5) is 10.8. The standard InChI is InChI=1S/C11H10BrN3O2/c1-7-2-4-8(5-3-7)15-9(6-10(16)17)11(12)13-14-15/h2-5H,6H2,1H3,(H,16,17). The van der Waals surface area contributed by atoms with Gasteiger partial charge in [-0.25, -0.2) is 4.68 Å². The van der Waals surface area contributed by atoms with Crippen LogP contribution in [0.2, 0.25) is 0 Å². The SMILES string of the molecule is Cc1ccc(-n2nnc(Br)c2CC(=O)O)cc1. The van der Waals surface area contributed by atoms with Crippen molar-refractivity contribution in [3.63, 3.8) is 0 Å². The lowest BCUT2D eigenvalue weighted by Gasteiger charge is -2.05. The number of halogens is 1. The molecule has 2 rings (SSSR count). The van der Waals surface area contributed by atoms with Crippen molar-refractivity contribution in [1.29, 1.82) is 0 Å². The highest BCUT2D eigenvalue weighted by Crippen LogP contribution is 2.18. The molecule has 0 radical (unpaired) electrons. The van der Waals surface area contributed by atoms with E-state index in [-0.39, 0.29) is 6.42 Å². The molecule has 0 fully saturated rings. The number of carbonyl (C=O) groups is 1. The summed E-state index contributed by atoms with van der Waals surface area (Å²) in [6.07, 6.45) is -0.124. The van der Waals surface area contributed by atoms with Crippen LogP contribution in [-0.2, 0) is 11.2 Å². The summed E-state index contributed by atoms with van der Waals surface area (Å²) in [5, 5.41) is 16.6. The highest BCUT2D eigenvalue weighted by molar-refractivity contribution is 9.10. The van der Waals surface area contributed by atoms with Gasteiger partial charge < -0.3 is 5.11 Å². The molecule has 1 heterocycles. The van der Waals surface area contributed by atoms with Gasteiger partial charge in [-0.1, -0.05) is 22.9 Å². The molecule has 88 valence electrons. The van der Waals surface area contributed by atoms with Crippen molar-refractivity contribution in [3.05, 3.63) is 40.1 Å². The highest BCUT2D eigenvalue weighted by Gasteiger charge is 2.15. The van der Waals surface area contributed by atoms with Crippen molar-refractivity contribution in [2.75, 3.05) is 0 Å². The monoisotopic (exact) mass is 295 g/mol. The first-order chi connectivity index (χ1) is 8.08. The van der Waals surface area contributed by atoms with Gasteiger partial charge in [0.2, 0.25) is 0 Å². The summed E-state index contributed by atoms with van der Waals surface area (Å²) < 4.78 is 1.98. The quantitative estimate of drug-likeness (QED) is 0.940. The first kappa shape index (κ1) is 11.8. The Balaban J connectivity index is 2.45. The molecule has 2 aromatic rings. The Morgan fingerprint density at radius 1 is 1.41 bits per heavy atom. The third-order valence-electron chi connectivity index (χ3n) is 2.31. The molecule has 0 aliphatic heterocycles. The second-order valence-corrected chi connectivity index (χ2v) is 4.40. The van der Waals surface area contributed by atoms with Gasteiger partial charge in [-0.05, 0) is 35.0 Å². The molecule has 17 heavy (non-hydrogen) atoms. The summed E-state index contributed by atoms with van der Waals surface area (Å²) in [5.74, 6) is -0.915. The lowest BCUT2D eigenvalue weighted by Crippen LogP contribution is -2.08. The van der Waals surface area contributed by atoms with Crippen LogP contribution in [0, 0.1) is 6.92 Å². The van der Waals surface area contributed by atoms with Crippen LogP contribution in [-0.4, -0.2) is 26.1 Å². The van der Waals surface area contributed by atoms with E-state index in [4.69, 9.17) is 5.11 Å². The lowest BCUT2D eigenvalue weighted by atomic mass is 10.2. The number of rotatable bonds is 3. The highest BCUT2D eigenvalue weighted by atomic mass is 79.9. The Kier molecular flexibility index (Phi) is 3.23. The molecule has 0 spiro atoms. The number of carboxylic acids is 1.